The first kappa shape index (κ1) is 10.8. The molecule has 1 saturated heterocycles. The molecule has 1 saturated carbocycles. The molecule has 16 heavy (non-hydrogen) atoms. The van der Waals surface area contributed by atoms with Crippen LogP contribution in [0, 0.1) is 5.92 Å². The lowest BCUT2D eigenvalue weighted by atomic mass is 9.91. The van der Waals surface area contributed by atoms with Crippen molar-refractivity contribution in [2.45, 2.75) is 37.8 Å². The third-order valence-corrected chi connectivity index (χ3v) is 4.63. The Morgan fingerprint density at radius 2 is 2.25 bits per heavy atom. The molecule has 1 aromatic heterocycles. The third-order valence-electron chi connectivity index (χ3n) is 3.73. The van der Waals surface area contributed by atoms with Crippen molar-refractivity contribution < 1.29 is 0 Å². The number of thiophene rings is 1. The van der Waals surface area contributed by atoms with Crippen LogP contribution in [0.4, 0.5) is 0 Å². The van der Waals surface area contributed by atoms with Gasteiger partial charge in [-0.3, -0.25) is 4.90 Å². The second-order valence-electron chi connectivity index (χ2n) is 5.33. The molecule has 0 radical (unpaired) electrons. The summed E-state index contributed by atoms with van der Waals surface area (Å²) < 4.78 is 0. The average Bonchev–Trinajstić information content (AvgIpc) is 2.98. The maximum Gasteiger partial charge on any atom is 0.0171 e. The van der Waals surface area contributed by atoms with Gasteiger partial charge in [0, 0.05) is 30.1 Å². The predicted octanol–water partition coefficient (Wildman–Crippen LogP) is 2.10. The van der Waals surface area contributed by atoms with Gasteiger partial charge in [-0.1, -0.05) is 6.07 Å². The van der Waals surface area contributed by atoms with Crippen molar-refractivity contribution in [3.63, 3.8) is 0 Å². The van der Waals surface area contributed by atoms with Gasteiger partial charge in [0.25, 0.3) is 0 Å². The number of rotatable bonds is 3. The summed E-state index contributed by atoms with van der Waals surface area (Å²) in [7, 11) is 0. The van der Waals surface area contributed by atoms with Gasteiger partial charge >= 0.3 is 0 Å². The van der Waals surface area contributed by atoms with E-state index in [1.807, 2.05) is 11.3 Å². The number of likely N-dealkylation sites (tertiary alicyclic amines) is 1. The molecule has 0 spiro atoms. The van der Waals surface area contributed by atoms with Gasteiger partial charge in [0.05, 0.1) is 0 Å². The van der Waals surface area contributed by atoms with Crippen molar-refractivity contribution in [3.8, 4) is 0 Å². The molecule has 88 valence electrons. The predicted molar refractivity (Wildman–Crippen MR) is 68.7 cm³/mol. The Bertz CT molecular complexity index is 332. The molecule has 2 fully saturated rings. The van der Waals surface area contributed by atoms with Crippen molar-refractivity contribution in [2.24, 2.45) is 11.7 Å². The van der Waals surface area contributed by atoms with E-state index in [0.717, 1.165) is 18.5 Å². The van der Waals surface area contributed by atoms with Crippen LogP contribution in [0.5, 0.6) is 0 Å². The molecule has 2 aliphatic rings. The molecule has 2 nitrogen and oxygen atoms in total. The number of piperidine rings is 1. The normalized spacial score (nSPS) is 31.8. The van der Waals surface area contributed by atoms with Crippen LogP contribution in [0.15, 0.2) is 17.5 Å². The zero-order valence-electron chi connectivity index (χ0n) is 9.64. The summed E-state index contributed by atoms with van der Waals surface area (Å²) in [6, 6.07) is 5.68. The van der Waals surface area contributed by atoms with Crippen LogP contribution >= 0.6 is 11.3 Å². The lowest BCUT2D eigenvalue weighted by Gasteiger charge is -2.36. The van der Waals surface area contributed by atoms with Crippen molar-refractivity contribution >= 4 is 11.3 Å². The minimum atomic E-state index is 0.402. The first-order valence-corrected chi connectivity index (χ1v) is 7.21. The van der Waals surface area contributed by atoms with Crippen LogP contribution < -0.4 is 5.73 Å². The molecular weight excluding hydrogens is 216 g/mol. The summed E-state index contributed by atoms with van der Waals surface area (Å²) in [5.41, 5.74) is 6.17. The maximum atomic E-state index is 6.17. The lowest BCUT2D eigenvalue weighted by molar-refractivity contribution is 0.149. The summed E-state index contributed by atoms with van der Waals surface area (Å²) >= 11 is 1.88. The first-order chi connectivity index (χ1) is 7.81. The van der Waals surface area contributed by atoms with E-state index in [4.69, 9.17) is 5.73 Å². The minimum absolute atomic E-state index is 0.402. The van der Waals surface area contributed by atoms with E-state index in [1.54, 1.807) is 0 Å². The minimum Gasteiger partial charge on any atom is -0.327 e. The van der Waals surface area contributed by atoms with Crippen molar-refractivity contribution in [2.75, 3.05) is 13.1 Å². The molecule has 0 aromatic carbocycles. The van der Waals surface area contributed by atoms with Crippen LogP contribution in [0.25, 0.3) is 0 Å². The second-order valence-corrected chi connectivity index (χ2v) is 6.36. The molecule has 3 rings (SSSR count). The highest BCUT2D eigenvalue weighted by Gasteiger charge is 2.34. The fourth-order valence-electron chi connectivity index (χ4n) is 2.88. The average molecular weight is 236 g/mol. The van der Waals surface area contributed by atoms with Gasteiger partial charge in [-0.2, -0.15) is 0 Å². The van der Waals surface area contributed by atoms with Gasteiger partial charge in [0.1, 0.15) is 0 Å². The van der Waals surface area contributed by atoms with Gasteiger partial charge in [-0.05, 0) is 43.0 Å². The summed E-state index contributed by atoms with van der Waals surface area (Å²) in [5, 5.41) is 2.18. The molecule has 0 amide bonds. The standard InChI is InChI=1S/C13H20N2S/c14-11-6-10(7-13-2-1-5-16-13)8-15(9-11)12-3-4-12/h1-2,5,10-12H,3-4,6-9,14H2. The van der Waals surface area contributed by atoms with Gasteiger partial charge in [-0.25, -0.2) is 0 Å². The van der Waals surface area contributed by atoms with Crippen LogP contribution in [-0.4, -0.2) is 30.1 Å². The zero-order valence-corrected chi connectivity index (χ0v) is 10.5. The third kappa shape index (κ3) is 2.47. The van der Waals surface area contributed by atoms with E-state index in [-0.39, 0.29) is 0 Å². The Hall–Kier alpha value is -0.380. The molecule has 2 atom stereocenters. The molecule has 2 N–H and O–H groups in total. The van der Waals surface area contributed by atoms with Crippen LogP contribution in [0.2, 0.25) is 0 Å². The zero-order chi connectivity index (χ0) is 11.0. The molecule has 0 bridgehead atoms. The van der Waals surface area contributed by atoms with Crippen molar-refractivity contribution in [1.29, 1.82) is 0 Å². The van der Waals surface area contributed by atoms with E-state index >= 15 is 0 Å². The molecule has 1 aliphatic carbocycles. The van der Waals surface area contributed by atoms with Gasteiger partial charge < -0.3 is 5.73 Å². The summed E-state index contributed by atoms with van der Waals surface area (Å²) in [5.74, 6) is 0.781. The maximum absolute atomic E-state index is 6.17. The number of nitrogens with two attached hydrogens (primary N) is 1. The monoisotopic (exact) mass is 236 g/mol. The molecule has 1 aliphatic heterocycles. The second kappa shape index (κ2) is 4.47. The highest BCUT2D eigenvalue weighted by Crippen LogP contribution is 2.32. The SMILES string of the molecule is NC1CC(Cc2cccs2)CN(C2CC2)C1. The van der Waals surface area contributed by atoms with Gasteiger partial charge in [-0.15, -0.1) is 11.3 Å². The van der Waals surface area contributed by atoms with Crippen LogP contribution in [0.1, 0.15) is 24.1 Å². The first-order valence-electron chi connectivity index (χ1n) is 6.33. The fourth-order valence-corrected chi connectivity index (χ4v) is 3.70. The van der Waals surface area contributed by atoms with Gasteiger partial charge in [0.2, 0.25) is 0 Å². The Balaban J connectivity index is 1.61. The number of hydrogen-bond acceptors (Lipinski definition) is 3. The van der Waals surface area contributed by atoms with Crippen molar-refractivity contribution in [3.05, 3.63) is 22.4 Å². The topological polar surface area (TPSA) is 29.3 Å². The van der Waals surface area contributed by atoms with E-state index in [1.165, 1.54) is 37.1 Å². The molecule has 2 unspecified atom stereocenters. The van der Waals surface area contributed by atoms with E-state index in [0.29, 0.717) is 6.04 Å². The molecule has 1 aromatic rings. The fraction of sp³-hybridized carbons (Fsp3) is 0.692. The number of nitrogens with zero attached hydrogens (tertiary/aromatic N) is 1. The van der Waals surface area contributed by atoms with E-state index in [9.17, 15) is 0 Å². The smallest absolute Gasteiger partial charge is 0.0171 e. The Morgan fingerprint density at radius 1 is 1.38 bits per heavy atom. The Kier molecular flexibility index (Phi) is 3.01. The Labute approximate surface area is 101 Å². The highest BCUT2D eigenvalue weighted by molar-refractivity contribution is 7.09. The Morgan fingerprint density at radius 3 is 2.94 bits per heavy atom. The summed E-state index contributed by atoms with van der Waals surface area (Å²) in [4.78, 5) is 4.15. The lowest BCUT2D eigenvalue weighted by Crippen LogP contribution is -2.48. The number of hydrogen-bond donors (Lipinski definition) is 1. The summed E-state index contributed by atoms with van der Waals surface area (Å²) in [6.07, 6.45) is 5.24. The van der Waals surface area contributed by atoms with Crippen molar-refractivity contribution in [1.82, 2.24) is 4.90 Å². The van der Waals surface area contributed by atoms with E-state index < -0.39 is 0 Å². The van der Waals surface area contributed by atoms with Gasteiger partial charge in [0.15, 0.2) is 0 Å². The van der Waals surface area contributed by atoms with Crippen LogP contribution in [0.3, 0.4) is 0 Å². The van der Waals surface area contributed by atoms with Crippen LogP contribution in [-0.2, 0) is 6.42 Å². The molecule has 3 heteroatoms. The molecule has 2 heterocycles. The largest absolute Gasteiger partial charge is 0.327 e. The quantitative estimate of drug-likeness (QED) is 0.871. The van der Waals surface area contributed by atoms with E-state index in [2.05, 4.69) is 22.4 Å². The molecular formula is C13H20N2S. The summed E-state index contributed by atoms with van der Waals surface area (Å²) in [6.45, 7) is 2.40. The highest BCUT2D eigenvalue weighted by atomic mass is 32.1.